The van der Waals surface area contributed by atoms with Crippen LogP contribution in [0.5, 0.6) is 0 Å². The summed E-state index contributed by atoms with van der Waals surface area (Å²) in [6, 6.07) is 10.2. The van der Waals surface area contributed by atoms with Crippen LogP contribution in [0, 0.1) is 0 Å². The van der Waals surface area contributed by atoms with Gasteiger partial charge in [-0.25, -0.2) is 0 Å². The van der Waals surface area contributed by atoms with Crippen LogP contribution in [0.2, 0.25) is 0 Å². The van der Waals surface area contributed by atoms with Gasteiger partial charge in [-0.3, -0.25) is 0 Å². The molecular weight excluding hydrogens is 154 g/mol. The molecule has 1 aliphatic heterocycles. The first-order chi connectivity index (χ1) is 5.38. The minimum Gasteiger partial charge on any atom is -0.359 e. The van der Waals surface area contributed by atoms with Crippen molar-refractivity contribution in [1.29, 1.82) is 0 Å². The fourth-order valence-electron chi connectivity index (χ4n) is 1.02. The lowest BCUT2D eigenvalue weighted by Gasteiger charge is -2.02. The van der Waals surface area contributed by atoms with Gasteiger partial charge < -0.3 is 4.90 Å². The molecule has 1 fully saturated rings. The van der Waals surface area contributed by atoms with Gasteiger partial charge in [0.1, 0.15) is 4.99 Å². The highest BCUT2D eigenvalue weighted by atomic mass is 32.1. The van der Waals surface area contributed by atoms with Gasteiger partial charge in [-0.2, -0.15) is 0 Å². The van der Waals surface area contributed by atoms with Gasteiger partial charge in [0.25, 0.3) is 0 Å². The molecule has 2 rings (SSSR count). The van der Waals surface area contributed by atoms with Crippen molar-refractivity contribution in [1.82, 2.24) is 4.90 Å². The molecule has 56 valence electrons. The van der Waals surface area contributed by atoms with Crippen LogP contribution >= 0.6 is 12.2 Å². The van der Waals surface area contributed by atoms with E-state index in [-0.39, 0.29) is 0 Å². The molecule has 0 bridgehead atoms. The maximum atomic E-state index is 5.23. The van der Waals surface area contributed by atoms with Crippen LogP contribution in [-0.4, -0.2) is 23.0 Å². The first kappa shape index (κ1) is 6.80. The Morgan fingerprint density at radius 1 is 1.18 bits per heavy atom. The van der Waals surface area contributed by atoms with Crippen molar-refractivity contribution in [3.8, 4) is 0 Å². The summed E-state index contributed by atoms with van der Waals surface area (Å²) in [4.78, 5) is 3.18. The molecule has 0 unspecified atom stereocenters. The molecule has 0 aliphatic carbocycles. The molecule has 1 saturated heterocycles. The molecule has 2 heteroatoms. The molecule has 0 amide bonds. The van der Waals surface area contributed by atoms with E-state index in [1.807, 2.05) is 18.2 Å². The summed E-state index contributed by atoms with van der Waals surface area (Å²) in [5, 5.41) is 0. The third-order valence-electron chi connectivity index (χ3n) is 1.76. The van der Waals surface area contributed by atoms with Gasteiger partial charge in [0.15, 0.2) is 0 Å². The summed E-state index contributed by atoms with van der Waals surface area (Å²) >= 11 is 5.23. The monoisotopic (exact) mass is 163 g/mol. The first-order valence-corrected chi connectivity index (χ1v) is 4.13. The largest absolute Gasteiger partial charge is 0.359 e. The average Bonchev–Trinajstić information content (AvgIpc) is 2.87. The Morgan fingerprint density at radius 3 is 2.36 bits per heavy atom. The van der Waals surface area contributed by atoms with Crippen molar-refractivity contribution < 1.29 is 0 Å². The van der Waals surface area contributed by atoms with E-state index < -0.39 is 0 Å². The van der Waals surface area contributed by atoms with E-state index in [9.17, 15) is 0 Å². The molecular formula is C9H9NS. The number of benzene rings is 1. The summed E-state index contributed by atoms with van der Waals surface area (Å²) in [5.74, 6) is 0. The maximum Gasteiger partial charge on any atom is 0.109 e. The van der Waals surface area contributed by atoms with E-state index in [0.717, 1.165) is 18.1 Å². The van der Waals surface area contributed by atoms with Crippen LogP contribution in [0.3, 0.4) is 0 Å². The molecule has 1 nitrogen and oxygen atoms in total. The van der Waals surface area contributed by atoms with Crippen molar-refractivity contribution in [3.05, 3.63) is 35.9 Å². The molecule has 0 aromatic heterocycles. The van der Waals surface area contributed by atoms with Gasteiger partial charge in [0.2, 0.25) is 0 Å². The highest BCUT2D eigenvalue weighted by Crippen LogP contribution is 2.12. The van der Waals surface area contributed by atoms with Gasteiger partial charge in [0.05, 0.1) is 0 Å². The van der Waals surface area contributed by atoms with Gasteiger partial charge in [0, 0.05) is 18.7 Å². The Balaban J connectivity index is 2.22. The Hall–Kier alpha value is -0.890. The Morgan fingerprint density at radius 2 is 1.82 bits per heavy atom. The molecule has 11 heavy (non-hydrogen) atoms. The van der Waals surface area contributed by atoms with Crippen LogP contribution in [0.1, 0.15) is 5.56 Å². The van der Waals surface area contributed by atoms with E-state index in [1.165, 1.54) is 5.56 Å². The lowest BCUT2D eigenvalue weighted by Crippen LogP contribution is -2.08. The zero-order valence-corrected chi connectivity index (χ0v) is 6.97. The molecule has 0 radical (unpaired) electrons. The number of rotatable bonds is 1. The lowest BCUT2D eigenvalue weighted by molar-refractivity contribution is 0.867. The highest BCUT2D eigenvalue weighted by molar-refractivity contribution is 7.80. The topological polar surface area (TPSA) is 3.01 Å². The van der Waals surface area contributed by atoms with E-state index in [4.69, 9.17) is 12.2 Å². The minimum atomic E-state index is 0.991. The van der Waals surface area contributed by atoms with Crippen LogP contribution in [-0.2, 0) is 0 Å². The molecule has 1 aliphatic rings. The van der Waals surface area contributed by atoms with Crippen LogP contribution in [0.15, 0.2) is 30.3 Å². The molecule has 0 saturated carbocycles. The van der Waals surface area contributed by atoms with Gasteiger partial charge in [-0.05, 0) is 0 Å². The number of nitrogens with zero attached hydrogens (tertiary/aromatic N) is 1. The lowest BCUT2D eigenvalue weighted by atomic mass is 10.2. The third kappa shape index (κ3) is 1.40. The van der Waals surface area contributed by atoms with E-state index in [1.54, 1.807) is 0 Å². The predicted molar refractivity (Wildman–Crippen MR) is 49.7 cm³/mol. The van der Waals surface area contributed by atoms with Crippen LogP contribution in [0.25, 0.3) is 0 Å². The molecule has 0 atom stereocenters. The number of hydrogen-bond acceptors (Lipinski definition) is 1. The minimum absolute atomic E-state index is 0.991. The second-order valence-corrected chi connectivity index (χ2v) is 3.04. The SMILES string of the molecule is S=C(c1ccccc1)N1CC1. The fourth-order valence-corrected chi connectivity index (χ4v) is 1.34. The number of thiocarbonyl (C=S) groups is 1. The summed E-state index contributed by atoms with van der Waals surface area (Å²) in [5.41, 5.74) is 1.17. The second kappa shape index (κ2) is 2.62. The summed E-state index contributed by atoms with van der Waals surface area (Å²) in [6.07, 6.45) is 0. The molecule has 0 spiro atoms. The quantitative estimate of drug-likeness (QED) is 0.457. The summed E-state index contributed by atoms with van der Waals surface area (Å²) in [6.45, 7) is 2.27. The van der Waals surface area contributed by atoms with Gasteiger partial charge in [-0.15, -0.1) is 0 Å². The van der Waals surface area contributed by atoms with E-state index in [2.05, 4.69) is 17.0 Å². The third-order valence-corrected chi connectivity index (χ3v) is 2.25. The van der Waals surface area contributed by atoms with Crippen molar-refractivity contribution in [3.63, 3.8) is 0 Å². The van der Waals surface area contributed by atoms with Crippen LogP contribution in [0.4, 0.5) is 0 Å². The van der Waals surface area contributed by atoms with Gasteiger partial charge >= 0.3 is 0 Å². The van der Waals surface area contributed by atoms with Crippen molar-refractivity contribution in [2.24, 2.45) is 0 Å². The fraction of sp³-hybridized carbons (Fsp3) is 0.222. The molecule has 1 heterocycles. The molecule has 1 aromatic rings. The van der Waals surface area contributed by atoms with Gasteiger partial charge in [-0.1, -0.05) is 42.5 Å². The Kier molecular flexibility index (Phi) is 1.62. The van der Waals surface area contributed by atoms with Crippen LogP contribution < -0.4 is 0 Å². The standard InChI is InChI=1S/C9H9NS/c11-9(10-6-7-10)8-4-2-1-3-5-8/h1-5H,6-7H2. The predicted octanol–water partition coefficient (Wildman–Crippen LogP) is 1.68. The smallest absolute Gasteiger partial charge is 0.109 e. The number of hydrogen-bond donors (Lipinski definition) is 0. The first-order valence-electron chi connectivity index (χ1n) is 3.72. The second-order valence-electron chi connectivity index (χ2n) is 2.66. The average molecular weight is 163 g/mol. The van der Waals surface area contributed by atoms with Crippen molar-refractivity contribution in [2.45, 2.75) is 0 Å². The highest BCUT2D eigenvalue weighted by Gasteiger charge is 2.20. The van der Waals surface area contributed by atoms with Crippen molar-refractivity contribution >= 4 is 17.2 Å². The Bertz CT molecular complexity index is 264. The molecule has 0 N–H and O–H groups in total. The normalized spacial score (nSPS) is 14.7. The van der Waals surface area contributed by atoms with E-state index >= 15 is 0 Å². The van der Waals surface area contributed by atoms with E-state index in [0.29, 0.717) is 0 Å². The van der Waals surface area contributed by atoms with Crippen molar-refractivity contribution in [2.75, 3.05) is 13.1 Å². The maximum absolute atomic E-state index is 5.23. The Labute approximate surface area is 71.6 Å². The zero-order chi connectivity index (χ0) is 7.68. The zero-order valence-electron chi connectivity index (χ0n) is 6.16. The summed E-state index contributed by atoms with van der Waals surface area (Å²) < 4.78 is 0. The summed E-state index contributed by atoms with van der Waals surface area (Å²) in [7, 11) is 0. The molecule has 1 aromatic carbocycles.